The molecule has 2 aromatic rings. The molecule has 0 unspecified atom stereocenters. The van der Waals surface area contributed by atoms with Crippen molar-refractivity contribution in [1.82, 2.24) is 4.90 Å². The summed E-state index contributed by atoms with van der Waals surface area (Å²) in [6.07, 6.45) is 3.89. The van der Waals surface area contributed by atoms with Gasteiger partial charge in [-0.05, 0) is 42.7 Å². The second-order valence-corrected chi connectivity index (χ2v) is 5.70. The molecule has 0 atom stereocenters. The van der Waals surface area contributed by atoms with Gasteiger partial charge in [0, 0.05) is 13.1 Å². The molecule has 1 N–H and O–H groups in total. The highest BCUT2D eigenvalue weighted by Crippen LogP contribution is 2.21. The van der Waals surface area contributed by atoms with Crippen LogP contribution in [0.4, 0.5) is 4.39 Å². The van der Waals surface area contributed by atoms with Crippen LogP contribution < -0.4 is 0 Å². The molecular formula is C18H18FNO3. The summed E-state index contributed by atoms with van der Waals surface area (Å²) in [5.74, 6) is -0.622. The lowest BCUT2D eigenvalue weighted by molar-refractivity contribution is 0.0658. The van der Waals surface area contributed by atoms with Gasteiger partial charge in [-0.2, -0.15) is 0 Å². The fourth-order valence-corrected chi connectivity index (χ4v) is 2.77. The minimum atomic E-state index is -1.05. The summed E-state index contributed by atoms with van der Waals surface area (Å²) in [5.41, 5.74) is 2.20. The molecule has 1 fully saturated rings. The van der Waals surface area contributed by atoms with Crippen LogP contribution in [-0.2, 0) is 6.54 Å². The first kappa shape index (κ1) is 15.5. The molecule has 23 heavy (non-hydrogen) atoms. The van der Waals surface area contributed by atoms with E-state index in [1.807, 2.05) is 6.07 Å². The van der Waals surface area contributed by atoms with Crippen LogP contribution in [0, 0.1) is 5.82 Å². The molecule has 1 aliphatic rings. The molecule has 2 heterocycles. The van der Waals surface area contributed by atoms with Gasteiger partial charge < -0.3 is 9.52 Å². The van der Waals surface area contributed by atoms with E-state index in [4.69, 9.17) is 9.52 Å². The van der Waals surface area contributed by atoms with Crippen LogP contribution >= 0.6 is 0 Å². The molecule has 1 aliphatic heterocycles. The maximum absolute atomic E-state index is 13.2. The minimum absolute atomic E-state index is 0.0244. The van der Waals surface area contributed by atoms with Crippen LogP contribution in [0.25, 0.3) is 6.08 Å². The fourth-order valence-electron chi connectivity index (χ4n) is 2.77. The van der Waals surface area contributed by atoms with Crippen molar-refractivity contribution in [2.75, 3.05) is 13.1 Å². The number of nitrogens with zero attached hydrogens (tertiary/aromatic N) is 1. The first-order valence-electron chi connectivity index (χ1n) is 7.59. The molecule has 3 rings (SSSR count). The number of likely N-dealkylation sites (tertiary alicyclic amines) is 1. The van der Waals surface area contributed by atoms with Crippen LogP contribution in [0.3, 0.4) is 0 Å². The summed E-state index contributed by atoms with van der Waals surface area (Å²) < 4.78 is 18.5. The molecule has 0 aliphatic carbocycles. The van der Waals surface area contributed by atoms with Gasteiger partial charge in [0.2, 0.25) is 5.76 Å². The van der Waals surface area contributed by atoms with E-state index in [1.54, 1.807) is 12.1 Å². The number of furan rings is 1. The molecule has 4 nitrogen and oxygen atoms in total. The molecule has 1 aromatic carbocycles. The Morgan fingerprint density at radius 2 is 2.04 bits per heavy atom. The monoisotopic (exact) mass is 315 g/mol. The van der Waals surface area contributed by atoms with E-state index in [2.05, 4.69) is 11.0 Å². The average molecular weight is 315 g/mol. The van der Waals surface area contributed by atoms with Gasteiger partial charge in [0.1, 0.15) is 11.6 Å². The number of carbonyl (C=O) groups is 1. The molecule has 1 aromatic heterocycles. The van der Waals surface area contributed by atoms with Crippen molar-refractivity contribution in [3.8, 4) is 0 Å². The second-order valence-electron chi connectivity index (χ2n) is 5.70. The van der Waals surface area contributed by atoms with Gasteiger partial charge in [-0.15, -0.1) is 0 Å². The fraction of sp³-hybridized carbons (Fsp3) is 0.278. The first-order chi connectivity index (χ1) is 11.1. The van der Waals surface area contributed by atoms with Gasteiger partial charge in [-0.1, -0.05) is 23.8 Å². The first-order valence-corrected chi connectivity index (χ1v) is 7.59. The van der Waals surface area contributed by atoms with E-state index >= 15 is 0 Å². The van der Waals surface area contributed by atoms with Crippen molar-refractivity contribution in [2.24, 2.45) is 0 Å². The van der Waals surface area contributed by atoms with Gasteiger partial charge in [0.05, 0.1) is 6.54 Å². The number of hydrogen-bond acceptors (Lipinski definition) is 3. The number of carboxylic acid groups (broad SMARTS) is 1. The van der Waals surface area contributed by atoms with Crippen molar-refractivity contribution < 1.29 is 18.7 Å². The summed E-state index contributed by atoms with van der Waals surface area (Å²) in [5, 5.41) is 8.86. The molecule has 0 radical (unpaired) electrons. The highest BCUT2D eigenvalue weighted by atomic mass is 19.1. The Kier molecular flexibility index (Phi) is 4.57. The quantitative estimate of drug-likeness (QED) is 0.932. The number of carboxylic acids is 1. The lowest BCUT2D eigenvalue weighted by Crippen LogP contribution is -2.30. The van der Waals surface area contributed by atoms with E-state index in [9.17, 15) is 9.18 Å². The molecule has 1 saturated heterocycles. The van der Waals surface area contributed by atoms with Crippen molar-refractivity contribution in [1.29, 1.82) is 0 Å². The minimum Gasteiger partial charge on any atom is -0.475 e. The van der Waals surface area contributed by atoms with E-state index in [-0.39, 0.29) is 11.6 Å². The predicted octanol–water partition coefficient (Wildman–Crippen LogP) is 3.80. The standard InChI is InChI=1S/C18H18FNO3/c19-15-3-1-2-14(11-15)10-13-6-8-20(9-7-13)12-16-4-5-17(23-16)18(21)22/h1-5,10-11H,6-9,12H2,(H,21,22). The SMILES string of the molecule is O=C(O)c1ccc(CN2CCC(=Cc3cccc(F)c3)CC2)o1. The van der Waals surface area contributed by atoms with E-state index in [1.165, 1.54) is 23.8 Å². The van der Waals surface area contributed by atoms with Crippen LogP contribution in [0.5, 0.6) is 0 Å². The molecule has 0 bridgehead atoms. The zero-order chi connectivity index (χ0) is 16.2. The Labute approximate surface area is 133 Å². The zero-order valence-corrected chi connectivity index (χ0v) is 12.7. The smallest absolute Gasteiger partial charge is 0.371 e. The number of benzene rings is 1. The summed E-state index contributed by atoms with van der Waals surface area (Å²) in [7, 11) is 0. The van der Waals surface area contributed by atoms with Crippen molar-refractivity contribution in [3.63, 3.8) is 0 Å². The Morgan fingerprint density at radius 1 is 1.26 bits per heavy atom. The topological polar surface area (TPSA) is 53.7 Å². The maximum Gasteiger partial charge on any atom is 0.371 e. The predicted molar refractivity (Wildman–Crippen MR) is 84.6 cm³/mol. The van der Waals surface area contributed by atoms with Crippen LogP contribution in [0.15, 0.2) is 46.4 Å². The maximum atomic E-state index is 13.2. The normalized spacial score (nSPS) is 15.6. The average Bonchev–Trinajstić information content (AvgIpc) is 2.98. The highest BCUT2D eigenvalue weighted by Gasteiger charge is 2.16. The van der Waals surface area contributed by atoms with Crippen LogP contribution in [-0.4, -0.2) is 29.1 Å². The van der Waals surface area contributed by atoms with Gasteiger partial charge >= 0.3 is 5.97 Å². The molecular weight excluding hydrogens is 297 g/mol. The van der Waals surface area contributed by atoms with Crippen molar-refractivity contribution in [3.05, 3.63) is 64.9 Å². The Morgan fingerprint density at radius 3 is 2.70 bits per heavy atom. The Balaban J connectivity index is 1.56. The van der Waals surface area contributed by atoms with Crippen LogP contribution in [0.2, 0.25) is 0 Å². The van der Waals surface area contributed by atoms with E-state index < -0.39 is 5.97 Å². The summed E-state index contributed by atoms with van der Waals surface area (Å²) in [4.78, 5) is 13.0. The molecule has 0 saturated carbocycles. The van der Waals surface area contributed by atoms with Gasteiger partial charge in [0.15, 0.2) is 0 Å². The van der Waals surface area contributed by atoms with Gasteiger partial charge in [0.25, 0.3) is 0 Å². The summed E-state index contributed by atoms with van der Waals surface area (Å²) in [6.45, 7) is 2.37. The number of halogens is 1. The number of rotatable bonds is 4. The van der Waals surface area contributed by atoms with E-state index in [0.717, 1.165) is 31.5 Å². The summed E-state index contributed by atoms with van der Waals surface area (Å²) >= 11 is 0. The number of piperidine rings is 1. The van der Waals surface area contributed by atoms with E-state index in [0.29, 0.717) is 12.3 Å². The van der Waals surface area contributed by atoms with Crippen molar-refractivity contribution >= 4 is 12.0 Å². The number of aromatic carboxylic acids is 1. The van der Waals surface area contributed by atoms with Gasteiger partial charge in [-0.25, -0.2) is 9.18 Å². The lowest BCUT2D eigenvalue weighted by Gasteiger charge is -2.27. The highest BCUT2D eigenvalue weighted by molar-refractivity contribution is 5.84. The second kappa shape index (κ2) is 6.79. The third-order valence-electron chi connectivity index (χ3n) is 3.97. The largest absolute Gasteiger partial charge is 0.475 e. The molecule has 120 valence electrons. The molecule has 0 amide bonds. The molecule has 0 spiro atoms. The van der Waals surface area contributed by atoms with Crippen LogP contribution in [0.1, 0.15) is 34.7 Å². The third-order valence-corrected chi connectivity index (χ3v) is 3.97. The number of hydrogen-bond donors (Lipinski definition) is 1. The Bertz CT molecular complexity index is 725. The van der Waals surface area contributed by atoms with Crippen molar-refractivity contribution in [2.45, 2.75) is 19.4 Å². The zero-order valence-electron chi connectivity index (χ0n) is 12.7. The summed E-state index contributed by atoms with van der Waals surface area (Å²) in [6, 6.07) is 9.79. The molecule has 5 heteroatoms. The lowest BCUT2D eigenvalue weighted by atomic mass is 10.0. The third kappa shape index (κ3) is 4.07. The Hall–Kier alpha value is -2.40. The van der Waals surface area contributed by atoms with Gasteiger partial charge in [-0.3, -0.25) is 4.90 Å².